The van der Waals surface area contributed by atoms with Crippen LogP contribution in [0.5, 0.6) is 11.5 Å². The maximum absolute atomic E-state index is 9.94. The molecule has 0 saturated carbocycles. The molecular weight excluding hydrogens is 180 g/mol. The van der Waals surface area contributed by atoms with E-state index in [0.29, 0.717) is 12.0 Å². The van der Waals surface area contributed by atoms with E-state index < -0.39 is 5.60 Å². The summed E-state index contributed by atoms with van der Waals surface area (Å²) in [7, 11) is 0. The molecule has 14 heavy (non-hydrogen) atoms. The summed E-state index contributed by atoms with van der Waals surface area (Å²) in [6.45, 7) is 5.13. The molecule has 1 aromatic rings. The fraction of sp³-hybridized carbons (Fsp3) is 0.273. The second kappa shape index (κ2) is 3.72. The Labute approximate surface area is 82.9 Å². The molecule has 0 aromatic heterocycles. The normalized spacial score (nSPS) is 14.7. The first-order valence-corrected chi connectivity index (χ1v) is 4.32. The molecule has 0 spiro atoms. The summed E-state index contributed by atoms with van der Waals surface area (Å²) in [6.07, 6.45) is 1.94. The third-order valence-electron chi connectivity index (χ3n) is 2.07. The molecule has 3 heteroatoms. The summed E-state index contributed by atoms with van der Waals surface area (Å²) in [5.41, 5.74) is -0.646. The van der Waals surface area contributed by atoms with Crippen LogP contribution in [0.3, 0.4) is 0 Å². The largest absolute Gasteiger partial charge is 0.508 e. The predicted molar refractivity (Wildman–Crippen MR) is 54.2 cm³/mol. The quantitative estimate of drug-likeness (QED) is 0.644. The molecule has 0 saturated heterocycles. The van der Waals surface area contributed by atoms with E-state index in [1.807, 2.05) is 0 Å². The van der Waals surface area contributed by atoms with Crippen molar-refractivity contribution in [3.05, 3.63) is 36.4 Å². The number of aliphatic hydroxyl groups is 1. The molecule has 1 unspecified atom stereocenters. The van der Waals surface area contributed by atoms with Crippen LogP contribution >= 0.6 is 0 Å². The fourth-order valence-corrected chi connectivity index (χ4v) is 1.31. The summed E-state index contributed by atoms with van der Waals surface area (Å²) in [4.78, 5) is 0. The first-order chi connectivity index (χ1) is 6.45. The second-order valence-electron chi connectivity index (χ2n) is 3.50. The molecule has 0 radical (unpaired) electrons. The summed E-state index contributed by atoms with van der Waals surface area (Å²) < 4.78 is 0. The molecule has 0 aliphatic rings. The Balaban J connectivity index is 3.11. The molecule has 76 valence electrons. The number of phenols is 2. The van der Waals surface area contributed by atoms with E-state index in [4.69, 9.17) is 0 Å². The fourth-order valence-electron chi connectivity index (χ4n) is 1.31. The van der Waals surface area contributed by atoms with Crippen LogP contribution in [0.2, 0.25) is 0 Å². The van der Waals surface area contributed by atoms with Crippen LogP contribution in [0.1, 0.15) is 18.9 Å². The highest BCUT2D eigenvalue weighted by Crippen LogP contribution is 2.30. The van der Waals surface area contributed by atoms with Crippen molar-refractivity contribution < 1.29 is 15.3 Å². The highest BCUT2D eigenvalue weighted by molar-refractivity contribution is 5.39. The highest BCUT2D eigenvalue weighted by Gasteiger charge is 2.22. The van der Waals surface area contributed by atoms with Gasteiger partial charge in [-0.3, -0.25) is 0 Å². The Morgan fingerprint density at radius 2 is 1.79 bits per heavy atom. The number of phenolic OH excluding ortho intramolecular Hbond substituents is 2. The van der Waals surface area contributed by atoms with Gasteiger partial charge in [0.15, 0.2) is 0 Å². The summed E-state index contributed by atoms with van der Waals surface area (Å²) in [5, 5.41) is 28.4. The van der Waals surface area contributed by atoms with Crippen molar-refractivity contribution in [2.24, 2.45) is 0 Å². The first kappa shape index (κ1) is 10.6. The van der Waals surface area contributed by atoms with Crippen molar-refractivity contribution in [2.45, 2.75) is 18.9 Å². The Morgan fingerprint density at radius 3 is 2.21 bits per heavy atom. The van der Waals surface area contributed by atoms with Crippen LogP contribution < -0.4 is 0 Å². The lowest BCUT2D eigenvalue weighted by Crippen LogP contribution is -2.19. The minimum absolute atomic E-state index is 0.0654. The maximum Gasteiger partial charge on any atom is 0.119 e. The standard InChI is InChI=1S/C11H14O3/c1-3-4-11(2,14)8-5-9(12)7-10(13)6-8/h3,5-7,12-14H,1,4H2,2H3. The number of benzene rings is 1. The van der Waals surface area contributed by atoms with E-state index in [2.05, 4.69) is 6.58 Å². The first-order valence-electron chi connectivity index (χ1n) is 4.32. The van der Waals surface area contributed by atoms with Crippen LogP contribution in [0, 0.1) is 0 Å². The van der Waals surface area contributed by atoms with Crippen molar-refractivity contribution in [2.75, 3.05) is 0 Å². The number of hydrogen-bond acceptors (Lipinski definition) is 3. The van der Waals surface area contributed by atoms with Crippen molar-refractivity contribution in [1.29, 1.82) is 0 Å². The third-order valence-corrected chi connectivity index (χ3v) is 2.07. The summed E-state index contributed by atoms with van der Waals surface area (Å²) in [6, 6.07) is 4.06. The van der Waals surface area contributed by atoms with Gasteiger partial charge in [-0.25, -0.2) is 0 Å². The van der Waals surface area contributed by atoms with Crippen molar-refractivity contribution >= 4 is 0 Å². The van der Waals surface area contributed by atoms with Gasteiger partial charge in [-0.1, -0.05) is 6.08 Å². The SMILES string of the molecule is C=CCC(C)(O)c1cc(O)cc(O)c1. The zero-order chi connectivity index (χ0) is 10.8. The van der Waals surface area contributed by atoms with Crippen molar-refractivity contribution in [3.63, 3.8) is 0 Å². The van der Waals surface area contributed by atoms with Crippen LogP contribution in [0.15, 0.2) is 30.9 Å². The van der Waals surface area contributed by atoms with Gasteiger partial charge >= 0.3 is 0 Å². The Hall–Kier alpha value is -1.48. The molecule has 1 atom stereocenters. The zero-order valence-corrected chi connectivity index (χ0v) is 8.07. The third kappa shape index (κ3) is 2.26. The Kier molecular flexibility index (Phi) is 2.81. The molecule has 3 nitrogen and oxygen atoms in total. The minimum Gasteiger partial charge on any atom is -0.508 e. The molecule has 0 aliphatic heterocycles. The van der Waals surface area contributed by atoms with Crippen LogP contribution in [0.25, 0.3) is 0 Å². The molecule has 0 aliphatic carbocycles. The van der Waals surface area contributed by atoms with Gasteiger partial charge in [0.25, 0.3) is 0 Å². The lowest BCUT2D eigenvalue weighted by Gasteiger charge is -2.22. The molecule has 0 amide bonds. The van der Waals surface area contributed by atoms with Gasteiger partial charge in [0.05, 0.1) is 5.60 Å². The molecule has 1 aromatic carbocycles. The van der Waals surface area contributed by atoms with E-state index in [1.54, 1.807) is 13.0 Å². The Bertz CT molecular complexity index is 322. The zero-order valence-electron chi connectivity index (χ0n) is 8.07. The van der Waals surface area contributed by atoms with Gasteiger partial charge in [0, 0.05) is 6.07 Å². The highest BCUT2D eigenvalue weighted by atomic mass is 16.3. The van der Waals surface area contributed by atoms with Gasteiger partial charge in [0.2, 0.25) is 0 Å². The van der Waals surface area contributed by atoms with Gasteiger partial charge in [0.1, 0.15) is 11.5 Å². The molecule has 0 heterocycles. The van der Waals surface area contributed by atoms with E-state index in [-0.39, 0.29) is 11.5 Å². The molecule has 1 rings (SSSR count). The average molecular weight is 194 g/mol. The van der Waals surface area contributed by atoms with E-state index in [0.717, 1.165) is 0 Å². The number of aromatic hydroxyl groups is 2. The van der Waals surface area contributed by atoms with Gasteiger partial charge in [-0.2, -0.15) is 0 Å². The lowest BCUT2D eigenvalue weighted by atomic mass is 9.92. The lowest BCUT2D eigenvalue weighted by molar-refractivity contribution is 0.0601. The summed E-state index contributed by atoms with van der Waals surface area (Å²) >= 11 is 0. The Morgan fingerprint density at radius 1 is 1.29 bits per heavy atom. The van der Waals surface area contributed by atoms with Crippen LogP contribution in [-0.2, 0) is 5.60 Å². The van der Waals surface area contributed by atoms with E-state index in [9.17, 15) is 15.3 Å². The van der Waals surface area contributed by atoms with Crippen molar-refractivity contribution in [1.82, 2.24) is 0 Å². The van der Waals surface area contributed by atoms with Crippen LogP contribution in [0.4, 0.5) is 0 Å². The van der Waals surface area contributed by atoms with Gasteiger partial charge < -0.3 is 15.3 Å². The molecular formula is C11H14O3. The monoisotopic (exact) mass is 194 g/mol. The molecule has 0 fully saturated rings. The molecule has 0 bridgehead atoms. The number of hydrogen-bond donors (Lipinski definition) is 3. The maximum atomic E-state index is 9.94. The minimum atomic E-state index is -1.11. The molecule has 3 N–H and O–H groups in total. The second-order valence-corrected chi connectivity index (χ2v) is 3.50. The van der Waals surface area contributed by atoms with Crippen molar-refractivity contribution in [3.8, 4) is 11.5 Å². The van der Waals surface area contributed by atoms with Gasteiger partial charge in [-0.05, 0) is 31.0 Å². The van der Waals surface area contributed by atoms with E-state index >= 15 is 0 Å². The summed E-state index contributed by atoms with van der Waals surface area (Å²) in [5.74, 6) is -0.131. The van der Waals surface area contributed by atoms with E-state index in [1.165, 1.54) is 18.2 Å². The average Bonchev–Trinajstić information content (AvgIpc) is 2.02. The smallest absolute Gasteiger partial charge is 0.119 e. The predicted octanol–water partition coefficient (Wildman–Crippen LogP) is 1.88. The van der Waals surface area contributed by atoms with Crippen LogP contribution in [-0.4, -0.2) is 15.3 Å². The van der Waals surface area contributed by atoms with Gasteiger partial charge in [-0.15, -0.1) is 6.58 Å². The number of rotatable bonds is 3. The topological polar surface area (TPSA) is 60.7 Å².